The van der Waals surface area contributed by atoms with Gasteiger partial charge in [-0.05, 0) is 24.3 Å². The Labute approximate surface area is 161 Å². The number of hydrogen-bond donors (Lipinski definition) is 1. The largest absolute Gasteiger partial charge is 0.481 e. The Bertz CT molecular complexity index is 957. The minimum atomic E-state index is -0.372. The fraction of sp³-hybridized carbons (Fsp3) is 0.105. The van der Waals surface area contributed by atoms with Crippen LogP contribution in [-0.2, 0) is 0 Å². The number of nitrogens with zero attached hydrogens (tertiary/aromatic N) is 4. The summed E-state index contributed by atoms with van der Waals surface area (Å²) in [5, 5.41) is 3.97. The summed E-state index contributed by atoms with van der Waals surface area (Å²) in [5.41, 5.74) is 3.45. The van der Waals surface area contributed by atoms with Gasteiger partial charge < -0.3 is 14.2 Å². The zero-order valence-electron chi connectivity index (χ0n) is 15.2. The molecule has 0 saturated heterocycles. The maximum atomic E-state index is 12.0. The lowest BCUT2D eigenvalue weighted by atomic mass is 10.2. The molecule has 0 unspecified atom stereocenters. The lowest BCUT2D eigenvalue weighted by Crippen LogP contribution is -2.17. The first-order valence-electron chi connectivity index (χ1n) is 8.17. The molecule has 0 atom stereocenters. The van der Waals surface area contributed by atoms with Gasteiger partial charge in [-0.15, -0.1) is 0 Å². The van der Waals surface area contributed by atoms with E-state index in [1.807, 2.05) is 6.07 Å². The number of methoxy groups -OCH3 is 2. The number of ether oxygens (including phenoxy) is 3. The third-order valence-corrected chi connectivity index (χ3v) is 3.49. The second-order valence-corrected chi connectivity index (χ2v) is 5.32. The molecule has 0 aliphatic heterocycles. The van der Waals surface area contributed by atoms with Crippen LogP contribution in [0, 0.1) is 0 Å². The van der Waals surface area contributed by atoms with Crippen molar-refractivity contribution < 1.29 is 19.0 Å². The first-order valence-corrected chi connectivity index (χ1v) is 8.17. The summed E-state index contributed by atoms with van der Waals surface area (Å²) >= 11 is 0. The molecule has 1 amide bonds. The molecule has 3 aromatic rings. The van der Waals surface area contributed by atoms with E-state index in [-0.39, 0.29) is 11.9 Å². The minimum Gasteiger partial charge on any atom is -0.481 e. The number of hydrazone groups is 1. The van der Waals surface area contributed by atoms with Gasteiger partial charge in [-0.3, -0.25) is 9.78 Å². The number of benzene rings is 1. The van der Waals surface area contributed by atoms with Crippen LogP contribution in [0.4, 0.5) is 0 Å². The minimum absolute atomic E-state index is 0.0523. The topological polar surface area (TPSA) is 108 Å². The third-order valence-electron chi connectivity index (χ3n) is 3.49. The van der Waals surface area contributed by atoms with Crippen molar-refractivity contribution in [3.63, 3.8) is 0 Å². The van der Waals surface area contributed by atoms with Gasteiger partial charge in [-0.25, -0.2) is 5.43 Å². The van der Waals surface area contributed by atoms with Gasteiger partial charge in [-0.2, -0.15) is 15.1 Å². The molecule has 0 radical (unpaired) electrons. The quantitative estimate of drug-likeness (QED) is 0.496. The molecule has 0 fully saturated rings. The van der Waals surface area contributed by atoms with E-state index >= 15 is 0 Å². The van der Waals surface area contributed by atoms with E-state index in [1.54, 1.807) is 36.5 Å². The van der Waals surface area contributed by atoms with Crippen LogP contribution in [-0.4, -0.2) is 41.3 Å². The molecule has 9 heteroatoms. The average molecular weight is 379 g/mol. The third kappa shape index (κ3) is 4.79. The standard InChI is InChI=1S/C19H17N5O4/c1-26-16-10-17(27-2)23-19(22-16)28-15-8-4-3-6-13(15)12-21-24-18(25)14-7-5-9-20-11-14/h3-12H,1-2H3,(H,24,25). The lowest BCUT2D eigenvalue weighted by Gasteiger charge is -2.09. The highest BCUT2D eigenvalue weighted by Crippen LogP contribution is 2.25. The highest BCUT2D eigenvalue weighted by Gasteiger charge is 2.10. The summed E-state index contributed by atoms with van der Waals surface area (Å²) in [6, 6.07) is 12.0. The maximum Gasteiger partial charge on any atom is 0.328 e. The predicted octanol–water partition coefficient (Wildman–Crippen LogP) is 2.45. The summed E-state index contributed by atoms with van der Waals surface area (Å²) < 4.78 is 16.0. The number of para-hydroxylation sites is 1. The molecule has 9 nitrogen and oxygen atoms in total. The molecule has 28 heavy (non-hydrogen) atoms. The van der Waals surface area contributed by atoms with E-state index < -0.39 is 0 Å². The van der Waals surface area contributed by atoms with Gasteiger partial charge in [0.1, 0.15) is 5.75 Å². The summed E-state index contributed by atoms with van der Waals surface area (Å²) in [4.78, 5) is 24.2. The number of hydrogen-bond acceptors (Lipinski definition) is 8. The van der Waals surface area contributed by atoms with Crippen molar-refractivity contribution in [3.8, 4) is 23.5 Å². The van der Waals surface area contributed by atoms with Crippen molar-refractivity contribution in [2.24, 2.45) is 5.10 Å². The second-order valence-electron chi connectivity index (χ2n) is 5.32. The van der Waals surface area contributed by atoms with Crippen molar-refractivity contribution in [1.82, 2.24) is 20.4 Å². The van der Waals surface area contributed by atoms with E-state index in [9.17, 15) is 4.79 Å². The first kappa shape index (κ1) is 18.8. The van der Waals surface area contributed by atoms with Crippen LogP contribution in [0.1, 0.15) is 15.9 Å². The van der Waals surface area contributed by atoms with E-state index in [0.29, 0.717) is 28.6 Å². The predicted molar refractivity (Wildman–Crippen MR) is 101 cm³/mol. The Morgan fingerprint density at radius 2 is 1.82 bits per heavy atom. The number of carbonyl (C=O) groups is 1. The van der Waals surface area contributed by atoms with Gasteiger partial charge in [0.15, 0.2) is 0 Å². The lowest BCUT2D eigenvalue weighted by molar-refractivity contribution is 0.0954. The highest BCUT2D eigenvalue weighted by molar-refractivity contribution is 5.94. The number of carbonyl (C=O) groups excluding carboxylic acids is 1. The van der Waals surface area contributed by atoms with E-state index in [2.05, 4.69) is 25.5 Å². The van der Waals surface area contributed by atoms with Crippen molar-refractivity contribution >= 4 is 12.1 Å². The molecule has 0 aliphatic carbocycles. The number of pyridine rings is 1. The van der Waals surface area contributed by atoms with Gasteiger partial charge in [0.05, 0.1) is 32.1 Å². The number of nitrogens with one attached hydrogen (secondary N) is 1. The summed E-state index contributed by atoms with van der Waals surface area (Å²) in [7, 11) is 2.97. The monoisotopic (exact) mass is 379 g/mol. The SMILES string of the molecule is COc1cc(OC)nc(Oc2ccccc2C=NNC(=O)c2cccnc2)n1. The molecule has 0 spiro atoms. The van der Waals surface area contributed by atoms with E-state index in [0.717, 1.165) is 0 Å². The maximum absolute atomic E-state index is 12.0. The van der Waals surface area contributed by atoms with Crippen LogP contribution < -0.4 is 19.6 Å². The summed E-state index contributed by atoms with van der Waals surface area (Å²) in [5.74, 6) is 0.675. The molecule has 142 valence electrons. The van der Waals surface area contributed by atoms with Crippen LogP contribution in [0.15, 0.2) is 60.0 Å². The molecular formula is C19H17N5O4. The van der Waals surface area contributed by atoms with Gasteiger partial charge in [0, 0.05) is 18.0 Å². The molecule has 0 aliphatic rings. The van der Waals surface area contributed by atoms with Crippen LogP contribution in [0.25, 0.3) is 0 Å². The van der Waals surface area contributed by atoms with E-state index in [4.69, 9.17) is 14.2 Å². The van der Waals surface area contributed by atoms with Crippen LogP contribution in [0.3, 0.4) is 0 Å². The number of rotatable bonds is 7. The first-order chi connectivity index (χ1) is 13.7. The molecule has 1 N–H and O–H groups in total. The highest BCUT2D eigenvalue weighted by atomic mass is 16.5. The molecular weight excluding hydrogens is 362 g/mol. The Morgan fingerprint density at radius 1 is 1.07 bits per heavy atom. The second kappa shape index (κ2) is 9.08. The van der Waals surface area contributed by atoms with E-state index in [1.165, 1.54) is 32.7 Å². The zero-order chi connectivity index (χ0) is 19.8. The van der Waals surface area contributed by atoms with Crippen molar-refractivity contribution in [1.29, 1.82) is 0 Å². The van der Waals surface area contributed by atoms with Gasteiger partial charge in [0.2, 0.25) is 11.8 Å². The van der Waals surface area contributed by atoms with Gasteiger partial charge >= 0.3 is 6.01 Å². The van der Waals surface area contributed by atoms with Crippen LogP contribution in [0.2, 0.25) is 0 Å². The fourth-order valence-corrected chi connectivity index (χ4v) is 2.14. The van der Waals surface area contributed by atoms with Crippen LogP contribution >= 0.6 is 0 Å². The zero-order valence-corrected chi connectivity index (χ0v) is 15.2. The smallest absolute Gasteiger partial charge is 0.328 e. The molecule has 0 saturated carbocycles. The molecule has 3 rings (SSSR count). The van der Waals surface area contributed by atoms with Crippen LogP contribution in [0.5, 0.6) is 23.5 Å². The average Bonchev–Trinajstić information content (AvgIpc) is 2.75. The Balaban J connectivity index is 1.75. The molecule has 2 aromatic heterocycles. The molecule has 0 bridgehead atoms. The Kier molecular flexibility index (Phi) is 6.09. The summed E-state index contributed by atoms with van der Waals surface area (Å²) in [6.45, 7) is 0. The number of amides is 1. The van der Waals surface area contributed by atoms with Crippen molar-refractivity contribution in [2.75, 3.05) is 14.2 Å². The van der Waals surface area contributed by atoms with Gasteiger partial charge in [-0.1, -0.05) is 12.1 Å². The molecule has 1 aromatic carbocycles. The Morgan fingerprint density at radius 3 is 2.50 bits per heavy atom. The Hall–Kier alpha value is -4.01. The normalized spacial score (nSPS) is 10.5. The fourth-order valence-electron chi connectivity index (χ4n) is 2.14. The number of aromatic nitrogens is 3. The molecule has 2 heterocycles. The van der Waals surface area contributed by atoms with Crippen molar-refractivity contribution in [3.05, 3.63) is 66.0 Å². The van der Waals surface area contributed by atoms with Gasteiger partial charge in [0.25, 0.3) is 5.91 Å². The summed E-state index contributed by atoms with van der Waals surface area (Å²) in [6.07, 6.45) is 4.50. The van der Waals surface area contributed by atoms with Crippen molar-refractivity contribution in [2.45, 2.75) is 0 Å².